The molecule has 0 spiro atoms. The molecular weight excluding hydrogens is 418 g/mol. The second-order valence-electron chi connectivity index (χ2n) is 9.39. The molecule has 3 aromatic rings. The highest BCUT2D eigenvalue weighted by molar-refractivity contribution is 6.00. The molecule has 33 heavy (non-hydrogen) atoms. The van der Waals surface area contributed by atoms with Crippen molar-refractivity contribution < 1.29 is 18.4 Å². The van der Waals surface area contributed by atoms with Gasteiger partial charge in [-0.3, -0.25) is 9.59 Å². The highest BCUT2D eigenvalue weighted by Gasteiger charge is 2.48. The van der Waals surface area contributed by atoms with Gasteiger partial charge in [-0.25, -0.2) is 0 Å². The van der Waals surface area contributed by atoms with Gasteiger partial charge in [-0.05, 0) is 56.2 Å². The van der Waals surface area contributed by atoms with Crippen LogP contribution in [0, 0.1) is 0 Å². The summed E-state index contributed by atoms with van der Waals surface area (Å²) < 4.78 is 13.0. The Morgan fingerprint density at radius 3 is 2.45 bits per heavy atom. The molecular formula is C26H31N3O4. The topological polar surface area (TPSA) is 80.6 Å². The van der Waals surface area contributed by atoms with Crippen molar-refractivity contribution in [3.8, 4) is 11.5 Å². The second kappa shape index (κ2) is 8.96. The minimum atomic E-state index is -1.02. The summed E-state index contributed by atoms with van der Waals surface area (Å²) in [6.07, 6.45) is 10.5. The van der Waals surface area contributed by atoms with E-state index in [1.807, 2.05) is 47.9 Å². The van der Waals surface area contributed by atoms with Gasteiger partial charge in [0.2, 0.25) is 5.91 Å². The molecule has 1 saturated carbocycles. The zero-order valence-electron chi connectivity index (χ0n) is 19.1. The number of nitrogens with zero attached hydrogens (tertiary/aromatic N) is 2. The van der Waals surface area contributed by atoms with Crippen LogP contribution in [0.3, 0.4) is 0 Å². The zero-order valence-corrected chi connectivity index (χ0v) is 19.1. The van der Waals surface area contributed by atoms with Gasteiger partial charge in [0.25, 0.3) is 5.91 Å². The smallest absolute Gasteiger partial charge is 0.271 e. The third-order valence-corrected chi connectivity index (χ3v) is 7.12. The maximum atomic E-state index is 13.8. The summed E-state index contributed by atoms with van der Waals surface area (Å²) in [6, 6.07) is 11.3. The van der Waals surface area contributed by atoms with E-state index in [2.05, 4.69) is 5.32 Å². The average Bonchev–Trinajstić information content (AvgIpc) is 3.54. The van der Waals surface area contributed by atoms with Crippen LogP contribution >= 0.6 is 0 Å². The number of rotatable bonds is 6. The fraction of sp³-hybridized carbons (Fsp3) is 0.462. The number of hydrogen-bond acceptors (Lipinski definition) is 4. The van der Waals surface area contributed by atoms with Crippen molar-refractivity contribution in [1.82, 2.24) is 14.8 Å². The van der Waals surface area contributed by atoms with Crippen LogP contribution in [0.15, 0.2) is 57.8 Å². The van der Waals surface area contributed by atoms with Gasteiger partial charge in [0.05, 0.1) is 24.8 Å². The summed E-state index contributed by atoms with van der Waals surface area (Å²) in [6.45, 7) is 2.66. The molecule has 0 radical (unpaired) electrons. The Balaban J connectivity index is 1.47. The molecule has 5 rings (SSSR count). The molecule has 0 bridgehead atoms. The number of fused-ring (bicyclic) bond motifs is 1. The Labute approximate surface area is 193 Å². The van der Waals surface area contributed by atoms with Crippen LogP contribution in [0.2, 0.25) is 0 Å². The first kappa shape index (κ1) is 21.6. The lowest BCUT2D eigenvalue weighted by Crippen LogP contribution is -2.65. The van der Waals surface area contributed by atoms with Crippen LogP contribution in [0.1, 0.15) is 61.7 Å². The summed E-state index contributed by atoms with van der Waals surface area (Å²) in [5, 5.41) is 3.30. The lowest BCUT2D eigenvalue weighted by molar-refractivity contribution is -0.133. The number of aromatic nitrogens is 1. The van der Waals surface area contributed by atoms with Crippen molar-refractivity contribution in [2.24, 2.45) is 0 Å². The van der Waals surface area contributed by atoms with Gasteiger partial charge in [0.1, 0.15) is 22.8 Å². The zero-order chi connectivity index (χ0) is 22.8. The minimum absolute atomic E-state index is 0.0908. The molecule has 4 heterocycles. The fourth-order valence-corrected chi connectivity index (χ4v) is 5.20. The number of carbonyl (C=O) groups excluding carboxylic acids is 2. The fourth-order valence-electron chi connectivity index (χ4n) is 5.20. The molecule has 174 valence electrons. The van der Waals surface area contributed by atoms with Gasteiger partial charge in [-0.1, -0.05) is 25.7 Å². The maximum Gasteiger partial charge on any atom is 0.271 e. The highest BCUT2D eigenvalue weighted by atomic mass is 16.3. The maximum absolute atomic E-state index is 13.8. The molecule has 2 amide bonds. The van der Waals surface area contributed by atoms with Crippen molar-refractivity contribution in [1.29, 1.82) is 0 Å². The first-order valence-corrected chi connectivity index (χ1v) is 11.9. The molecule has 0 saturated heterocycles. The number of amides is 2. The first-order valence-electron chi connectivity index (χ1n) is 11.9. The summed E-state index contributed by atoms with van der Waals surface area (Å²) in [5.41, 5.74) is 0.353. The third kappa shape index (κ3) is 4.12. The van der Waals surface area contributed by atoms with E-state index in [9.17, 15) is 9.59 Å². The molecule has 1 atom stereocenters. The standard InChI is InChI=1S/C26H31N3O4/c1-26(25(31)27-19-8-4-2-3-5-9-19)18-28-21(23-11-7-17-33-23)12-13-22(28)24(30)29(26)15-14-20-10-6-16-32-20/h6-7,10-13,16-17,19H,2-5,8-9,14-15,18H2,1H3,(H,27,31)/t26-/m1/s1. The molecule has 0 aromatic carbocycles. The molecule has 1 N–H and O–H groups in total. The van der Waals surface area contributed by atoms with Gasteiger partial charge in [-0.15, -0.1) is 0 Å². The van der Waals surface area contributed by atoms with Crippen LogP contribution < -0.4 is 5.32 Å². The SMILES string of the molecule is C[C@]1(C(=O)NC2CCCCCC2)Cn2c(ccc2-c2ccco2)C(=O)N1CCc1ccco1. The Bertz CT molecular complexity index is 1090. The van der Waals surface area contributed by atoms with Gasteiger partial charge in [0, 0.05) is 19.0 Å². The average molecular weight is 450 g/mol. The predicted octanol–water partition coefficient (Wildman–Crippen LogP) is 4.64. The molecule has 3 aromatic heterocycles. The van der Waals surface area contributed by atoms with Crippen molar-refractivity contribution in [2.45, 2.75) is 70.0 Å². The Kier molecular flexibility index (Phi) is 5.87. The van der Waals surface area contributed by atoms with E-state index in [0.717, 1.165) is 37.1 Å². The second-order valence-corrected chi connectivity index (χ2v) is 9.39. The van der Waals surface area contributed by atoms with E-state index < -0.39 is 5.54 Å². The largest absolute Gasteiger partial charge is 0.469 e. The van der Waals surface area contributed by atoms with E-state index in [0.29, 0.717) is 31.0 Å². The number of hydrogen-bond donors (Lipinski definition) is 1. The van der Waals surface area contributed by atoms with E-state index in [1.165, 1.54) is 12.8 Å². The summed E-state index contributed by atoms with van der Waals surface area (Å²) >= 11 is 0. The Morgan fingerprint density at radius 2 is 1.76 bits per heavy atom. The van der Waals surface area contributed by atoms with Gasteiger partial charge >= 0.3 is 0 Å². The van der Waals surface area contributed by atoms with E-state index in [1.54, 1.807) is 17.4 Å². The number of furan rings is 2. The van der Waals surface area contributed by atoms with E-state index >= 15 is 0 Å². The van der Waals surface area contributed by atoms with Crippen LogP contribution in [-0.2, 0) is 17.8 Å². The number of nitrogens with one attached hydrogen (secondary N) is 1. The molecule has 1 fully saturated rings. The van der Waals surface area contributed by atoms with Crippen LogP contribution in [0.25, 0.3) is 11.5 Å². The van der Waals surface area contributed by atoms with Gasteiger partial charge < -0.3 is 23.6 Å². The van der Waals surface area contributed by atoms with Crippen molar-refractivity contribution >= 4 is 11.8 Å². The molecule has 0 unspecified atom stereocenters. The van der Waals surface area contributed by atoms with Crippen molar-refractivity contribution in [3.05, 3.63) is 60.4 Å². The third-order valence-electron chi connectivity index (χ3n) is 7.12. The van der Waals surface area contributed by atoms with Crippen molar-refractivity contribution in [2.75, 3.05) is 6.54 Å². The molecule has 2 aliphatic rings. The van der Waals surface area contributed by atoms with Gasteiger partial charge in [-0.2, -0.15) is 0 Å². The lowest BCUT2D eigenvalue weighted by Gasteiger charge is -2.44. The monoisotopic (exact) mass is 449 g/mol. The number of carbonyl (C=O) groups is 2. The molecule has 1 aliphatic heterocycles. The molecule has 1 aliphatic carbocycles. The minimum Gasteiger partial charge on any atom is -0.469 e. The van der Waals surface area contributed by atoms with Crippen LogP contribution in [-0.4, -0.2) is 39.4 Å². The molecule has 7 heteroatoms. The van der Waals surface area contributed by atoms with Crippen LogP contribution in [0.5, 0.6) is 0 Å². The summed E-state index contributed by atoms with van der Waals surface area (Å²) in [4.78, 5) is 29.2. The van der Waals surface area contributed by atoms with E-state index in [-0.39, 0.29) is 17.9 Å². The summed E-state index contributed by atoms with van der Waals surface area (Å²) in [5.74, 6) is 1.24. The highest BCUT2D eigenvalue weighted by Crippen LogP contribution is 2.34. The predicted molar refractivity (Wildman–Crippen MR) is 124 cm³/mol. The lowest BCUT2D eigenvalue weighted by atomic mass is 9.93. The normalized spacial score (nSPS) is 21.6. The van der Waals surface area contributed by atoms with E-state index in [4.69, 9.17) is 8.83 Å². The quantitative estimate of drug-likeness (QED) is 0.556. The Morgan fingerprint density at radius 1 is 1.03 bits per heavy atom. The van der Waals surface area contributed by atoms with Crippen molar-refractivity contribution in [3.63, 3.8) is 0 Å². The molecule has 7 nitrogen and oxygen atoms in total. The Hall–Kier alpha value is -3.22. The first-order chi connectivity index (χ1) is 16.1. The van der Waals surface area contributed by atoms with Gasteiger partial charge in [0.15, 0.2) is 0 Å². The van der Waals surface area contributed by atoms with Crippen LogP contribution in [0.4, 0.5) is 0 Å². The summed E-state index contributed by atoms with van der Waals surface area (Å²) in [7, 11) is 0.